The minimum atomic E-state index is 0.0662. The second-order valence-corrected chi connectivity index (χ2v) is 6.90. The highest BCUT2D eigenvalue weighted by atomic mass is 35.5. The number of nitrogens with two attached hydrogens (primary N) is 1. The minimum absolute atomic E-state index is 0.0662. The van der Waals surface area contributed by atoms with Crippen LogP contribution in [0.15, 0.2) is 24.3 Å². The summed E-state index contributed by atoms with van der Waals surface area (Å²) in [6, 6.07) is 7.96. The van der Waals surface area contributed by atoms with Gasteiger partial charge in [-0.3, -0.25) is 4.90 Å². The summed E-state index contributed by atoms with van der Waals surface area (Å²) in [7, 11) is 2.20. The lowest BCUT2D eigenvalue weighted by Gasteiger charge is -2.45. The summed E-state index contributed by atoms with van der Waals surface area (Å²) in [6.45, 7) is 9.00. The van der Waals surface area contributed by atoms with Gasteiger partial charge in [0.1, 0.15) is 0 Å². The molecule has 0 aromatic heterocycles. The molecule has 1 aromatic carbocycles. The van der Waals surface area contributed by atoms with Crippen LogP contribution in [0.4, 0.5) is 0 Å². The van der Waals surface area contributed by atoms with E-state index in [1.165, 1.54) is 0 Å². The molecule has 20 heavy (non-hydrogen) atoms. The molecule has 1 fully saturated rings. The Morgan fingerprint density at radius 3 is 2.75 bits per heavy atom. The Morgan fingerprint density at radius 2 is 2.10 bits per heavy atom. The third-order valence-corrected chi connectivity index (χ3v) is 4.66. The average Bonchev–Trinajstić information content (AvgIpc) is 2.39. The fraction of sp³-hybridized carbons (Fsp3) is 0.625. The van der Waals surface area contributed by atoms with Crippen LogP contribution in [0.2, 0.25) is 5.02 Å². The third kappa shape index (κ3) is 3.95. The maximum Gasteiger partial charge on any atom is 0.0409 e. The van der Waals surface area contributed by atoms with Crippen molar-refractivity contribution in [3.63, 3.8) is 0 Å². The smallest absolute Gasteiger partial charge is 0.0409 e. The normalized spacial score (nSPS) is 21.9. The van der Waals surface area contributed by atoms with Gasteiger partial charge >= 0.3 is 0 Å². The van der Waals surface area contributed by atoms with Crippen LogP contribution in [-0.2, 0) is 0 Å². The van der Waals surface area contributed by atoms with Gasteiger partial charge in [0, 0.05) is 42.8 Å². The maximum absolute atomic E-state index is 6.28. The summed E-state index contributed by atoms with van der Waals surface area (Å²) >= 11 is 6.02. The van der Waals surface area contributed by atoms with E-state index in [1.54, 1.807) is 0 Å². The van der Waals surface area contributed by atoms with Crippen LogP contribution in [0.25, 0.3) is 0 Å². The van der Waals surface area contributed by atoms with E-state index in [2.05, 4.69) is 36.8 Å². The zero-order valence-corrected chi connectivity index (χ0v) is 13.5. The van der Waals surface area contributed by atoms with Crippen molar-refractivity contribution in [1.29, 1.82) is 0 Å². The molecule has 112 valence electrons. The number of nitrogens with zero attached hydrogens (tertiary/aromatic N) is 2. The van der Waals surface area contributed by atoms with Gasteiger partial charge in [-0.15, -0.1) is 0 Å². The molecule has 0 saturated carbocycles. The predicted molar refractivity (Wildman–Crippen MR) is 86.1 cm³/mol. The summed E-state index contributed by atoms with van der Waals surface area (Å²) in [6.07, 6.45) is 0.972. The molecule has 1 saturated heterocycles. The lowest BCUT2D eigenvalue weighted by Crippen LogP contribution is -2.57. The van der Waals surface area contributed by atoms with E-state index in [-0.39, 0.29) is 11.6 Å². The molecule has 1 aliphatic rings. The Hall–Kier alpha value is -0.610. The Balaban J connectivity index is 1.86. The van der Waals surface area contributed by atoms with Crippen LogP contribution in [0.1, 0.15) is 31.9 Å². The van der Waals surface area contributed by atoms with Gasteiger partial charge in [0.2, 0.25) is 0 Å². The first-order valence-electron chi connectivity index (χ1n) is 7.33. The second-order valence-electron chi connectivity index (χ2n) is 6.46. The van der Waals surface area contributed by atoms with Crippen LogP contribution in [0, 0.1) is 0 Å². The quantitative estimate of drug-likeness (QED) is 0.927. The van der Waals surface area contributed by atoms with Crippen LogP contribution in [-0.4, -0.2) is 48.6 Å². The number of benzene rings is 1. The monoisotopic (exact) mass is 295 g/mol. The van der Waals surface area contributed by atoms with Gasteiger partial charge in [-0.25, -0.2) is 0 Å². The van der Waals surface area contributed by atoms with E-state index in [0.29, 0.717) is 0 Å². The van der Waals surface area contributed by atoms with E-state index >= 15 is 0 Å². The Labute approximate surface area is 127 Å². The van der Waals surface area contributed by atoms with Crippen molar-refractivity contribution in [3.8, 4) is 0 Å². The predicted octanol–water partition coefficient (Wildman–Crippen LogP) is 2.76. The number of halogens is 1. The van der Waals surface area contributed by atoms with E-state index in [1.807, 2.05) is 18.2 Å². The highest BCUT2D eigenvalue weighted by molar-refractivity contribution is 6.30. The number of rotatable bonds is 4. The SMILES string of the molecule is CN1CCN(CCC(N)c2cccc(Cl)c2)CC1(C)C. The summed E-state index contributed by atoms with van der Waals surface area (Å²) in [5, 5.41) is 0.763. The van der Waals surface area contributed by atoms with E-state index in [4.69, 9.17) is 17.3 Å². The van der Waals surface area contributed by atoms with E-state index < -0.39 is 0 Å². The van der Waals surface area contributed by atoms with Crippen LogP contribution in [0.5, 0.6) is 0 Å². The molecule has 2 N–H and O–H groups in total. The van der Waals surface area contributed by atoms with Gasteiger partial charge < -0.3 is 10.6 Å². The average molecular weight is 296 g/mol. The maximum atomic E-state index is 6.28. The molecule has 1 heterocycles. The molecular weight excluding hydrogens is 270 g/mol. The Bertz CT molecular complexity index is 447. The molecule has 0 radical (unpaired) electrons. The summed E-state index contributed by atoms with van der Waals surface area (Å²) in [5.74, 6) is 0. The first-order valence-corrected chi connectivity index (χ1v) is 7.71. The molecule has 1 atom stereocenters. The topological polar surface area (TPSA) is 32.5 Å². The zero-order valence-electron chi connectivity index (χ0n) is 12.8. The molecule has 0 amide bonds. The highest BCUT2D eigenvalue weighted by Crippen LogP contribution is 2.22. The first kappa shape index (κ1) is 15.8. The van der Waals surface area contributed by atoms with Crippen molar-refractivity contribution < 1.29 is 0 Å². The minimum Gasteiger partial charge on any atom is -0.324 e. The molecule has 0 aliphatic carbocycles. The molecular formula is C16H26ClN3. The molecule has 4 heteroatoms. The van der Waals surface area contributed by atoms with E-state index in [0.717, 1.165) is 43.2 Å². The van der Waals surface area contributed by atoms with Crippen LogP contribution >= 0.6 is 11.6 Å². The highest BCUT2D eigenvalue weighted by Gasteiger charge is 2.30. The number of hydrogen-bond acceptors (Lipinski definition) is 3. The summed E-state index contributed by atoms with van der Waals surface area (Å²) < 4.78 is 0. The van der Waals surface area contributed by atoms with Gasteiger partial charge in [-0.05, 0) is 45.0 Å². The summed E-state index contributed by atoms with van der Waals surface area (Å²) in [4.78, 5) is 4.95. The van der Waals surface area contributed by atoms with E-state index in [9.17, 15) is 0 Å². The molecule has 0 bridgehead atoms. The van der Waals surface area contributed by atoms with Gasteiger partial charge in [0.25, 0.3) is 0 Å². The fourth-order valence-corrected chi connectivity index (χ4v) is 2.96. The second kappa shape index (κ2) is 6.44. The molecule has 0 spiro atoms. The number of piperazine rings is 1. The lowest BCUT2D eigenvalue weighted by molar-refractivity contribution is 0.0387. The van der Waals surface area contributed by atoms with Crippen molar-refractivity contribution in [3.05, 3.63) is 34.9 Å². The summed E-state index contributed by atoms with van der Waals surface area (Å²) in [5.41, 5.74) is 7.66. The Morgan fingerprint density at radius 1 is 1.35 bits per heavy atom. The van der Waals surface area contributed by atoms with Gasteiger partial charge in [-0.2, -0.15) is 0 Å². The fourth-order valence-electron chi connectivity index (χ4n) is 2.76. The molecule has 1 unspecified atom stereocenters. The van der Waals surface area contributed by atoms with Gasteiger partial charge in [0.15, 0.2) is 0 Å². The largest absolute Gasteiger partial charge is 0.324 e. The van der Waals surface area contributed by atoms with Crippen molar-refractivity contribution in [2.45, 2.75) is 31.8 Å². The van der Waals surface area contributed by atoms with Crippen molar-refractivity contribution in [1.82, 2.24) is 9.80 Å². The van der Waals surface area contributed by atoms with Crippen molar-refractivity contribution in [2.24, 2.45) is 5.73 Å². The van der Waals surface area contributed by atoms with Crippen molar-refractivity contribution in [2.75, 3.05) is 33.2 Å². The molecule has 3 nitrogen and oxygen atoms in total. The van der Waals surface area contributed by atoms with Gasteiger partial charge in [0.05, 0.1) is 0 Å². The molecule has 1 aliphatic heterocycles. The standard InChI is InChI=1S/C16H26ClN3/c1-16(2)12-20(10-9-19(16)3)8-7-15(18)13-5-4-6-14(17)11-13/h4-6,11,15H,7-10,12,18H2,1-3H3. The lowest BCUT2D eigenvalue weighted by atomic mass is 9.98. The van der Waals surface area contributed by atoms with Crippen LogP contribution < -0.4 is 5.73 Å². The van der Waals surface area contributed by atoms with Crippen LogP contribution in [0.3, 0.4) is 0 Å². The first-order chi connectivity index (χ1) is 9.38. The molecule has 2 rings (SSSR count). The van der Waals surface area contributed by atoms with Gasteiger partial charge in [-0.1, -0.05) is 23.7 Å². The number of hydrogen-bond donors (Lipinski definition) is 1. The zero-order chi connectivity index (χ0) is 14.8. The Kier molecular flexibility index (Phi) is 5.08. The molecule has 1 aromatic rings. The third-order valence-electron chi connectivity index (χ3n) is 4.43. The number of likely N-dealkylation sites (N-methyl/N-ethyl adjacent to an activating group) is 1. The van der Waals surface area contributed by atoms with Crippen molar-refractivity contribution >= 4 is 11.6 Å².